The first-order chi connectivity index (χ1) is 18.7. The first-order valence-electron chi connectivity index (χ1n) is 12.2. The average Bonchev–Trinajstić information content (AvgIpc) is 3.45. The van der Waals surface area contributed by atoms with Crippen LogP contribution in [0.2, 0.25) is 0 Å². The summed E-state index contributed by atoms with van der Waals surface area (Å²) in [5, 5.41) is 21.6. The van der Waals surface area contributed by atoms with E-state index in [1.54, 1.807) is 31.2 Å². The van der Waals surface area contributed by atoms with E-state index in [2.05, 4.69) is 11.9 Å². The predicted octanol–water partition coefficient (Wildman–Crippen LogP) is 4.76. The van der Waals surface area contributed by atoms with E-state index < -0.39 is 29.5 Å². The molecule has 10 nitrogen and oxygen atoms in total. The van der Waals surface area contributed by atoms with Gasteiger partial charge in [0.2, 0.25) is 0 Å². The Balaban J connectivity index is 1.86. The standard InChI is InChI=1S/C28H28N2O8S/c1-5-6-13-38-18-10-7-16(8-11-18)23(32)21-22(17-9-12-19(31)20(14-17)36-3)30(26(34)24(21)33)28-29-15(2)25(39-28)27(35)37-4/h7-12,14,22,31-32H,5-6,13H2,1-4H3/b23-21+. The number of benzene rings is 2. The lowest BCUT2D eigenvalue weighted by Gasteiger charge is -2.23. The molecule has 4 rings (SSSR count). The third-order valence-electron chi connectivity index (χ3n) is 6.22. The first kappa shape index (κ1) is 27.6. The van der Waals surface area contributed by atoms with Gasteiger partial charge in [-0.1, -0.05) is 30.7 Å². The van der Waals surface area contributed by atoms with E-state index >= 15 is 0 Å². The second kappa shape index (κ2) is 11.6. The number of carbonyl (C=O) groups is 3. The highest BCUT2D eigenvalue weighted by atomic mass is 32.1. The minimum absolute atomic E-state index is 0.0748. The fraction of sp³-hybridized carbons (Fsp3) is 0.286. The van der Waals surface area contributed by atoms with E-state index in [0.717, 1.165) is 29.1 Å². The summed E-state index contributed by atoms with van der Waals surface area (Å²) in [7, 11) is 2.60. The third-order valence-corrected chi connectivity index (χ3v) is 7.36. The maximum atomic E-state index is 13.4. The molecule has 3 aromatic rings. The molecule has 204 valence electrons. The third kappa shape index (κ3) is 5.30. The van der Waals surface area contributed by atoms with Crippen molar-refractivity contribution in [1.29, 1.82) is 0 Å². The number of esters is 1. The number of aromatic nitrogens is 1. The van der Waals surface area contributed by atoms with Gasteiger partial charge in [0.25, 0.3) is 5.78 Å². The van der Waals surface area contributed by atoms with Crippen molar-refractivity contribution in [1.82, 2.24) is 4.98 Å². The lowest BCUT2D eigenvalue weighted by molar-refractivity contribution is -0.132. The molecule has 1 fully saturated rings. The number of aromatic hydroxyl groups is 1. The number of carbonyl (C=O) groups excluding carboxylic acids is 3. The van der Waals surface area contributed by atoms with Crippen LogP contribution in [-0.4, -0.2) is 53.7 Å². The molecule has 1 aliphatic rings. The lowest BCUT2D eigenvalue weighted by Crippen LogP contribution is -2.29. The van der Waals surface area contributed by atoms with E-state index in [1.807, 2.05) is 0 Å². The predicted molar refractivity (Wildman–Crippen MR) is 144 cm³/mol. The Labute approximate surface area is 229 Å². The van der Waals surface area contributed by atoms with Gasteiger partial charge >= 0.3 is 11.9 Å². The molecule has 1 amide bonds. The summed E-state index contributed by atoms with van der Waals surface area (Å²) in [5.74, 6) is -2.31. The molecule has 0 bridgehead atoms. The largest absolute Gasteiger partial charge is 0.507 e. The monoisotopic (exact) mass is 552 g/mol. The molecule has 11 heteroatoms. The van der Waals surface area contributed by atoms with Crippen molar-refractivity contribution in [2.45, 2.75) is 32.7 Å². The SMILES string of the molecule is CCCCOc1ccc(/C(O)=C2\C(=O)C(=O)N(c3nc(C)c(C(=O)OC)s3)C2c2ccc(O)c(OC)c2)cc1. The van der Waals surface area contributed by atoms with Gasteiger partial charge < -0.3 is 24.4 Å². The second-order valence-corrected chi connectivity index (χ2v) is 9.71. The van der Waals surface area contributed by atoms with Crippen LogP contribution in [0, 0.1) is 6.92 Å². The highest BCUT2D eigenvalue weighted by Crippen LogP contribution is 2.45. The van der Waals surface area contributed by atoms with E-state index in [9.17, 15) is 24.6 Å². The molecular weight excluding hydrogens is 524 g/mol. The Bertz CT molecular complexity index is 1440. The number of anilines is 1. The topological polar surface area (TPSA) is 135 Å². The van der Waals surface area contributed by atoms with Crippen LogP contribution in [0.4, 0.5) is 5.13 Å². The Morgan fingerprint density at radius 3 is 2.49 bits per heavy atom. The van der Waals surface area contributed by atoms with Crippen molar-refractivity contribution in [3.63, 3.8) is 0 Å². The molecule has 2 aromatic carbocycles. The molecule has 1 aromatic heterocycles. The van der Waals surface area contributed by atoms with Gasteiger partial charge in [-0.2, -0.15) is 0 Å². The Kier molecular flexibility index (Phi) is 8.20. The van der Waals surface area contributed by atoms with Crippen LogP contribution < -0.4 is 14.4 Å². The molecular formula is C28H28N2O8S. The molecule has 2 N–H and O–H groups in total. The quantitative estimate of drug-likeness (QED) is 0.127. The highest BCUT2D eigenvalue weighted by molar-refractivity contribution is 7.17. The smallest absolute Gasteiger partial charge is 0.350 e. The Morgan fingerprint density at radius 2 is 1.85 bits per heavy atom. The molecule has 1 unspecified atom stereocenters. The molecule has 1 aliphatic heterocycles. The molecule has 0 radical (unpaired) electrons. The first-order valence-corrected chi connectivity index (χ1v) is 13.0. The van der Waals surface area contributed by atoms with Gasteiger partial charge in [-0.25, -0.2) is 9.78 Å². The second-order valence-electron chi connectivity index (χ2n) is 8.73. The maximum absolute atomic E-state index is 13.4. The summed E-state index contributed by atoms with van der Waals surface area (Å²) in [6.45, 7) is 4.20. The number of rotatable bonds is 9. The van der Waals surface area contributed by atoms with Crippen molar-refractivity contribution in [3.05, 3.63) is 69.7 Å². The number of phenols is 1. The number of methoxy groups -OCH3 is 2. The Hall–Kier alpha value is -4.38. The van der Waals surface area contributed by atoms with E-state index in [4.69, 9.17) is 14.2 Å². The fourth-order valence-corrected chi connectivity index (χ4v) is 5.19. The van der Waals surface area contributed by atoms with Gasteiger partial charge in [0, 0.05) is 5.56 Å². The number of phenolic OH excluding ortho intramolecular Hbond substituents is 1. The number of hydrogen-bond donors (Lipinski definition) is 2. The molecule has 1 atom stereocenters. The van der Waals surface area contributed by atoms with E-state index in [1.165, 1.54) is 32.4 Å². The van der Waals surface area contributed by atoms with Crippen molar-refractivity contribution in [2.75, 3.05) is 25.7 Å². The summed E-state index contributed by atoms with van der Waals surface area (Å²) in [6, 6.07) is 9.76. The van der Waals surface area contributed by atoms with Crippen LogP contribution in [0.15, 0.2) is 48.0 Å². The number of amides is 1. The zero-order chi connectivity index (χ0) is 28.3. The van der Waals surface area contributed by atoms with Gasteiger partial charge in [-0.15, -0.1) is 0 Å². The van der Waals surface area contributed by atoms with Crippen LogP contribution >= 0.6 is 11.3 Å². The van der Waals surface area contributed by atoms with Crippen LogP contribution in [-0.2, 0) is 14.3 Å². The number of thiazole rings is 1. The average molecular weight is 553 g/mol. The lowest BCUT2D eigenvalue weighted by atomic mass is 9.95. The van der Waals surface area contributed by atoms with Gasteiger partial charge in [-0.05, 0) is 55.3 Å². The van der Waals surface area contributed by atoms with Crippen molar-refractivity contribution >= 4 is 39.9 Å². The number of ketones is 1. The summed E-state index contributed by atoms with van der Waals surface area (Å²) < 4.78 is 15.7. The molecule has 39 heavy (non-hydrogen) atoms. The minimum atomic E-state index is -1.13. The van der Waals surface area contributed by atoms with E-state index in [0.29, 0.717) is 29.2 Å². The molecule has 1 saturated heterocycles. The maximum Gasteiger partial charge on any atom is 0.350 e. The summed E-state index contributed by atoms with van der Waals surface area (Å²) in [5.41, 5.74) is 0.818. The number of hydrogen-bond acceptors (Lipinski definition) is 10. The zero-order valence-electron chi connectivity index (χ0n) is 21.9. The molecule has 0 saturated carbocycles. The number of aryl methyl sites for hydroxylation is 1. The van der Waals surface area contributed by atoms with E-state index in [-0.39, 0.29) is 27.1 Å². The summed E-state index contributed by atoms with van der Waals surface area (Å²) >= 11 is 0.893. The number of aliphatic hydroxyl groups excluding tert-OH is 1. The van der Waals surface area contributed by atoms with Crippen molar-refractivity contribution in [3.8, 4) is 17.2 Å². The van der Waals surface area contributed by atoms with Crippen molar-refractivity contribution < 1.29 is 38.8 Å². The minimum Gasteiger partial charge on any atom is -0.507 e. The zero-order valence-corrected chi connectivity index (χ0v) is 22.7. The molecule has 0 aliphatic carbocycles. The van der Waals surface area contributed by atoms with Gasteiger partial charge in [0.05, 0.1) is 38.1 Å². The number of nitrogens with zero attached hydrogens (tertiary/aromatic N) is 2. The fourth-order valence-electron chi connectivity index (χ4n) is 4.18. The van der Waals surface area contributed by atoms with Crippen LogP contribution in [0.1, 0.15) is 52.3 Å². The van der Waals surface area contributed by atoms with Gasteiger partial charge in [0.1, 0.15) is 16.4 Å². The number of ether oxygens (including phenoxy) is 3. The van der Waals surface area contributed by atoms with Gasteiger partial charge in [0.15, 0.2) is 16.6 Å². The van der Waals surface area contributed by atoms with Crippen LogP contribution in [0.5, 0.6) is 17.2 Å². The Morgan fingerprint density at radius 1 is 1.13 bits per heavy atom. The highest BCUT2D eigenvalue weighted by Gasteiger charge is 2.48. The summed E-state index contributed by atoms with van der Waals surface area (Å²) in [6.07, 6.45) is 1.88. The van der Waals surface area contributed by atoms with Crippen LogP contribution in [0.3, 0.4) is 0 Å². The number of Topliss-reactive ketones (excluding diaryl/α,β-unsaturated/α-hetero) is 1. The number of unbranched alkanes of at least 4 members (excludes halogenated alkanes) is 1. The van der Waals surface area contributed by atoms with Gasteiger partial charge in [-0.3, -0.25) is 14.5 Å². The summed E-state index contributed by atoms with van der Waals surface area (Å²) in [4.78, 5) is 44.7. The van der Waals surface area contributed by atoms with Crippen LogP contribution in [0.25, 0.3) is 5.76 Å². The van der Waals surface area contributed by atoms with Crippen molar-refractivity contribution in [2.24, 2.45) is 0 Å². The normalized spacial score (nSPS) is 16.4. The molecule has 0 spiro atoms. The molecule has 2 heterocycles. The number of aliphatic hydroxyl groups is 1.